The topological polar surface area (TPSA) is 60.7 Å². The van der Waals surface area contributed by atoms with E-state index in [0.29, 0.717) is 19.8 Å². The van der Waals surface area contributed by atoms with Crippen LogP contribution in [0, 0.1) is 0 Å². The summed E-state index contributed by atoms with van der Waals surface area (Å²) < 4.78 is 72.3. The molecule has 162 valence electrons. The monoisotopic (exact) mass is 637 g/mol. The van der Waals surface area contributed by atoms with Gasteiger partial charge in [0.2, 0.25) is 0 Å². The molecule has 0 aliphatic heterocycles. The molecule has 0 fully saturated rings. The molecule has 27 heavy (non-hydrogen) atoms. The van der Waals surface area contributed by atoms with Crippen LogP contribution in [0.3, 0.4) is 0 Å². The molecular formula is C16H29F6GeHfO3-. The minimum atomic E-state index is -5.46. The van der Waals surface area contributed by atoms with Crippen molar-refractivity contribution in [2.45, 2.75) is 50.1 Å². The maximum Gasteiger partial charge on any atom is 0 e. The first-order chi connectivity index (χ1) is 12.0. The molecule has 0 saturated carbocycles. The normalized spacial score (nSPS) is 10.4. The molecule has 0 heterocycles. The summed E-state index contributed by atoms with van der Waals surface area (Å²) in [5.74, 6) is 0. The van der Waals surface area contributed by atoms with Crippen molar-refractivity contribution in [1.29, 1.82) is 0 Å². The Morgan fingerprint density at radius 3 is 1.07 bits per heavy atom. The van der Waals surface area contributed by atoms with Crippen LogP contribution in [0.2, 0.25) is 0 Å². The molecule has 0 radical (unpaired) electrons. The van der Waals surface area contributed by atoms with Gasteiger partial charge in [0, 0.05) is 45.7 Å². The van der Waals surface area contributed by atoms with Gasteiger partial charge in [-0.05, 0) is 19.3 Å². The van der Waals surface area contributed by atoms with Gasteiger partial charge in [0.15, 0.2) is 0 Å². The molecular weight excluding hydrogens is 605 g/mol. The SMILES string of the molecule is CCCO.CCCO.CCCO.F[C](F)(F)[GeH]([c-]1cccc1)[C](F)(F)F.[Hf]. The van der Waals surface area contributed by atoms with Gasteiger partial charge in [0.1, 0.15) is 0 Å². The van der Waals surface area contributed by atoms with E-state index in [1.54, 1.807) is 0 Å². The number of aliphatic hydroxyl groups is 3. The number of hydrogen-bond donors (Lipinski definition) is 3. The third kappa shape index (κ3) is 22.4. The summed E-state index contributed by atoms with van der Waals surface area (Å²) in [7, 11) is 0. The molecule has 3 N–H and O–H groups in total. The van der Waals surface area contributed by atoms with Crippen LogP contribution in [0.15, 0.2) is 24.3 Å². The fourth-order valence-corrected chi connectivity index (χ4v) is 4.78. The van der Waals surface area contributed by atoms with E-state index in [0.717, 1.165) is 31.4 Å². The Balaban J connectivity index is -0.000000169. The summed E-state index contributed by atoms with van der Waals surface area (Å²) in [5.41, 5.74) is 0. The molecule has 0 aliphatic rings. The van der Waals surface area contributed by atoms with Crippen LogP contribution >= 0.6 is 0 Å². The van der Waals surface area contributed by atoms with Crippen molar-refractivity contribution in [3.05, 3.63) is 24.3 Å². The zero-order valence-corrected chi connectivity index (χ0v) is 21.8. The molecule has 0 aliphatic carbocycles. The van der Waals surface area contributed by atoms with E-state index in [1.807, 2.05) is 20.8 Å². The van der Waals surface area contributed by atoms with Gasteiger partial charge < -0.3 is 15.3 Å². The zero-order chi connectivity index (χ0) is 21.2. The van der Waals surface area contributed by atoms with Gasteiger partial charge in [-0.1, -0.05) is 20.8 Å². The predicted octanol–water partition coefficient (Wildman–Crippen LogP) is 3.21. The largest absolute Gasteiger partial charge is 0 e. The molecule has 1 rings (SSSR count). The Kier molecular flexibility index (Phi) is 26.9. The number of rotatable bonds is 4. The summed E-state index contributed by atoms with van der Waals surface area (Å²) in [5, 5.41) is 13.4. The van der Waals surface area contributed by atoms with Gasteiger partial charge in [-0.15, -0.1) is 0 Å². The van der Waals surface area contributed by atoms with E-state index in [9.17, 15) is 26.3 Å². The van der Waals surface area contributed by atoms with E-state index in [1.165, 1.54) is 12.1 Å². The van der Waals surface area contributed by atoms with Crippen molar-refractivity contribution in [2.24, 2.45) is 0 Å². The Morgan fingerprint density at radius 1 is 0.704 bits per heavy atom. The molecule has 0 bridgehead atoms. The second kappa shape index (κ2) is 20.9. The number of hydrogen-bond acceptors (Lipinski definition) is 3. The Hall–Kier alpha value is 0.223. The molecule has 3 nitrogen and oxygen atoms in total. The van der Waals surface area contributed by atoms with Crippen molar-refractivity contribution in [3.8, 4) is 0 Å². The molecule has 11 heteroatoms. The predicted molar refractivity (Wildman–Crippen MR) is 93.1 cm³/mol. The molecule has 0 atom stereocenters. The van der Waals surface area contributed by atoms with Gasteiger partial charge in [-0.25, -0.2) is 0 Å². The van der Waals surface area contributed by atoms with E-state index in [-0.39, 0.29) is 25.8 Å². The van der Waals surface area contributed by atoms with Crippen molar-refractivity contribution >= 4 is 18.7 Å². The van der Waals surface area contributed by atoms with Crippen molar-refractivity contribution in [2.75, 3.05) is 19.8 Å². The number of aliphatic hydroxyl groups excluding tert-OH is 3. The van der Waals surface area contributed by atoms with Gasteiger partial charge in [-0.3, -0.25) is 0 Å². The Labute approximate surface area is 180 Å². The second-order valence-corrected chi connectivity index (χ2v) is 10.9. The van der Waals surface area contributed by atoms with Crippen LogP contribution in [0.4, 0.5) is 26.3 Å². The van der Waals surface area contributed by atoms with Crippen LogP contribution in [0.1, 0.15) is 40.0 Å². The second-order valence-electron chi connectivity index (χ2n) is 4.91. The first-order valence-electron chi connectivity index (χ1n) is 8.15. The Morgan fingerprint density at radius 2 is 0.926 bits per heavy atom. The average Bonchev–Trinajstić information content (AvgIpc) is 3.06. The van der Waals surface area contributed by atoms with Gasteiger partial charge >= 0.3 is 79.4 Å². The Bertz CT molecular complexity index is 357. The van der Waals surface area contributed by atoms with Gasteiger partial charge in [0.25, 0.3) is 0 Å². The summed E-state index contributed by atoms with van der Waals surface area (Å²) >= 11 is -5.46. The fraction of sp³-hybridized carbons (Fsp3) is 0.688. The number of halogens is 6. The van der Waals surface area contributed by atoms with Crippen LogP contribution in [-0.2, 0) is 25.8 Å². The van der Waals surface area contributed by atoms with Crippen molar-refractivity contribution < 1.29 is 67.5 Å². The first-order valence-corrected chi connectivity index (χ1v) is 11.8. The molecule has 1 aromatic rings. The maximum atomic E-state index is 12.1. The summed E-state index contributed by atoms with van der Waals surface area (Å²) in [6, 6.07) is 4.16. The molecule has 0 aromatic heterocycles. The van der Waals surface area contributed by atoms with Crippen LogP contribution in [0.25, 0.3) is 0 Å². The molecule has 0 saturated heterocycles. The minimum absolute atomic E-state index is 0. The smallest absolute Gasteiger partial charge is 0 e. The summed E-state index contributed by atoms with van der Waals surface area (Å²) in [6.07, 6.45) is 2.62. The van der Waals surface area contributed by atoms with Crippen LogP contribution in [0.5, 0.6) is 0 Å². The van der Waals surface area contributed by atoms with Gasteiger partial charge in [-0.2, -0.15) is 0 Å². The third-order valence-electron chi connectivity index (χ3n) is 2.35. The van der Waals surface area contributed by atoms with Crippen LogP contribution in [-0.4, -0.2) is 59.5 Å². The van der Waals surface area contributed by atoms with E-state index in [2.05, 4.69) is 0 Å². The first kappa shape index (κ1) is 34.7. The maximum absolute atomic E-state index is 12.1. The van der Waals surface area contributed by atoms with Crippen molar-refractivity contribution in [1.82, 2.24) is 0 Å². The third-order valence-corrected chi connectivity index (χ3v) is 7.30. The molecule has 0 spiro atoms. The quantitative estimate of drug-likeness (QED) is 0.271. The molecule has 1 aromatic carbocycles. The zero-order valence-electron chi connectivity index (χ0n) is 15.7. The van der Waals surface area contributed by atoms with Crippen LogP contribution < -0.4 is 4.40 Å². The molecule has 0 unspecified atom stereocenters. The number of alkyl halides is 6. The summed E-state index contributed by atoms with van der Waals surface area (Å²) in [4.78, 5) is 0. The minimum Gasteiger partial charge on any atom is 0 e. The van der Waals surface area contributed by atoms with Crippen molar-refractivity contribution in [3.63, 3.8) is 0 Å². The van der Waals surface area contributed by atoms with Gasteiger partial charge in [0.05, 0.1) is 0 Å². The standard InChI is InChI=1S/C7H5F6Ge.3C3H8O.Hf/c8-6(9,10)14(7(11,12)13)5-3-1-2-4-5;3*1-2-3-4;/h1-4,14H;3*4H,2-3H2,1H3;/q-1;;;;. The molecule has 0 amide bonds. The fourth-order valence-electron chi connectivity index (χ4n) is 1.14. The van der Waals surface area contributed by atoms with E-state index in [4.69, 9.17) is 15.3 Å². The average molecular weight is 634 g/mol. The van der Waals surface area contributed by atoms with E-state index < -0.39 is 28.8 Å². The summed E-state index contributed by atoms with van der Waals surface area (Å²) in [6.45, 7) is 6.75. The van der Waals surface area contributed by atoms with E-state index >= 15 is 0 Å².